The standard InChI is InChI=1S/C25H35N5O4/c1-3-17(2)22(25(33)27-16-19-9-12-26-13-10-19)30-23(31)20(15-18-7-5-4-6-8-18)29-24(32)21-11-14-28-34-21/h9-14,17-18,20,22H,3-8,15-16H2,1-2H3,(H,27,33)(H,29,32)(H,30,31)/t17-,20-,22-/m0/s1. The van der Waals surface area contributed by atoms with E-state index in [0.717, 1.165) is 31.2 Å². The van der Waals surface area contributed by atoms with E-state index in [9.17, 15) is 14.4 Å². The van der Waals surface area contributed by atoms with Crippen molar-refractivity contribution >= 4 is 17.7 Å². The van der Waals surface area contributed by atoms with Crippen LogP contribution in [0.4, 0.5) is 0 Å². The Hall–Kier alpha value is -3.23. The van der Waals surface area contributed by atoms with Crippen molar-refractivity contribution in [2.45, 2.75) is 77.4 Å². The second kappa shape index (κ2) is 12.9. The summed E-state index contributed by atoms with van der Waals surface area (Å²) in [5, 5.41) is 12.2. The van der Waals surface area contributed by atoms with Crippen LogP contribution in [0, 0.1) is 11.8 Å². The van der Waals surface area contributed by atoms with Crippen LogP contribution in [0.2, 0.25) is 0 Å². The van der Waals surface area contributed by atoms with Gasteiger partial charge in [-0.05, 0) is 36.0 Å². The Balaban J connectivity index is 1.69. The lowest BCUT2D eigenvalue weighted by atomic mass is 9.84. The largest absolute Gasteiger partial charge is 0.351 e. The molecule has 0 spiro atoms. The van der Waals surface area contributed by atoms with Crippen molar-refractivity contribution in [1.82, 2.24) is 26.1 Å². The zero-order chi connectivity index (χ0) is 24.3. The van der Waals surface area contributed by atoms with Crippen LogP contribution in [0.5, 0.6) is 0 Å². The highest BCUT2D eigenvalue weighted by atomic mass is 16.5. The molecule has 184 valence electrons. The quantitative estimate of drug-likeness (QED) is 0.464. The number of nitrogens with one attached hydrogen (secondary N) is 3. The van der Waals surface area contributed by atoms with Crippen LogP contribution in [-0.4, -0.2) is 39.9 Å². The Morgan fingerprint density at radius 3 is 2.41 bits per heavy atom. The number of hydrogen-bond acceptors (Lipinski definition) is 6. The lowest BCUT2D eigenvalue weighted by Crippen LogP contribution is -2.56. The monoisotopic (exact) mass is 469 g/mol. The molecule has 0 saturated heterocycles. The molecule has 3 rings (SSSR count). The van der Waals surface area contributed by atoms with Gasteiger partial charge < -0.3 is 20.5 Å². The van der Waals surface area contributed by atoms with Gasteiger partial charge in [0.25, 0.3) is 5.91 Å². The van der Waals surface area contributed by atoms with Gasteiger partial charge in [0.2, 0.25) is 17.6 Å². The molecule has 1 fully saturated rings. The first-order valence-electron chi connectivity index (χ1n) is 12.2. The van der Waals surface area contributed by atoms with Crippen LogP contribution < -0.4 is 16.0 Å². The summed E-state index contributed by atoms with van der Waals surface area (Å²) in [7, 11) is 0. The number of nitrogens with zero attached hydrogens (tertiary/aromatic N) is 2. The van der Waals surface area contributed by atoms with Crippen LogP contribution in [0.25, 0.3) is 0 Å². The molecule has 0 radical (unpaired) electrons. The van der Waals surface area contributed by atoms with Crippen molar-refractivity contribution in [3.8, 4) is 0 Å². The van der Waals surface area contributed by atoms with Crippen LogP contribution in [0.15, 0.2) is 41.3 Å². The molecule has 1 saturated carbocycles. The SMILES string of the molecule is CC[C@H](C)[C@H](NC(=O)[C@H](CC1CCCCC1)NC(=O)c1ccno1)C(=O)NCc1ccncc1. The molecule has 1 aliphatic carbocycles. The van der Waals surface area contributed by atoms with Gasteiger partial charge in [-0.3, -0.25) is 19.4 Å². The van der Waals surface area contributed by atoms with E-state index in [1.807, 2.05) is 26.0 Å². The molecular weight excluding hydrogens is 434 g/mol. The molecule has 9 nitrogen and oxygen atoms in total. The molecule has 3 amide bonds. The average molecular weight is 470 g/mol. The molecule has 3 N–H and O–H groups in total. The fourth-order valence-corrected chi connectivity index (χ4v) is 4.31. The summed E-state index contributed by atoms with van der Waals surface area (Å²) in [4.78, 5) is 43.0. The maximum absolute atomic E-state index is 13.4. The zero-order valence-corrected chi connectivity index (χ0v) is 20.0. The van der Waals surface area contributed by atoms with Crippen molar-refractivity contribution in [3.63, 3.8) is 0 Å². The van der Waals surface area contributed by atoms with Gasteiger partial charge in [0, 0.05) is 25.0 Å². The number of rotatable bonds is 11. The number of carbonyl (C=O) groups excluding carboxylic acids is 3. The normalized spacial score (nSPS) is 16.8. The zero-order valence-electron chi connectivity index (χ0n) is 20.0. The summed E-state index contributed by atoms with van der Waals surface area (Å²) in [6, 6.07) is 3.64. The van der Waals surface area contributed by atoms with Crippen LogP contribution in [0.1, 0.15) is 74.9 Å². The first kappa shape index (κ1) is 25.4. The molecule has 2 aromatic heterocycles. The second-order valence-corrected chi connectivity index (χ2v) is 9.09. The fourth-order valence-electron chi connectivity index (χ4n) is 4.31. The highest BCUT2D eigenvalue weighted by Crippen LogP contribution is 2.27. The predicted octanol–water partition coefficient (Wildman–Crippen LogP) is 2.99. The van der Waals surface area contributed by atoms with Gasteiger partial charge in [-0.15, -0.1) is 0 Å². The summed E-state index contributed by atoms with van der Waals surface area (Å²) in [6.45, 7) is 4.25. The van der Waals surface area contributed by atoms with Crippen molar-refractivity contribution in [2.24, 2.45) is 11.8 Å². The van der Waals surface area contributed by atoms with Crippen molar-refractivity contribution < 1.29 is 18.9 Å². The maximum Gasteiger partial charge on any atom is 0.290 e. The van der Waals surface area contributed by atoms with E-state index in [-0.39, 0.29) is 23.5 Å². The molecule has 34 heavy (non-hydrogen) atoms. The molecule has 3 atom stereocenters. The molecule has 1 aliphatic rings. The van der Waals surface area contributed by atoms with Gasteiger partial charge in [0.05, 0.1) is 6.20 Å². The summed E-state index contributed by atoms with van der Waals surface area (Å²) in [5.74, 6) is -0.783. The van der Waals surface area contributed by atoms with E-state index in [1.165, 1.54) is 18.7 Å². The minimum Gasteiger partial charge on any atom is -0.351 e. The van der Waals surface area contributed by atoms with Gasteiger partial charge in [-0.2, -0.15) is 0 Å². The van der Waals surface area contributed by atoms with Crippen LogP contribution in [-0.2, 0) is 16.1 Å². The lowest BCUT2D eigenvalue weighted by Gasteiger charge is -2.29. The predicted molar refractivity (Wildman–Crippen MR) is 126 cm³/mol. The molecule has 0 aromatic carbocycles. The molecule has 2 heterocycles. The topological polar surface area (TPSA) is 126 Å². The number of carbonyl (C=O) groups is 3. The second-order valence-electron chi connectivity index (χ2n) is 9.09. The van der Waals surface area contributed by atoms with E-state index >= 15 is 0 Å². The Morgan fingerprint density at radius 1 is 1.03 bits per heavy atom. The van der Waals surface area contributed by atoms with E-state index in [1.54, 1.807) is 12.4 Å². The highest BCUT2D eigenvalue weighted by molar-refractivity contribution is 5.96. The first-order valence-corrected chi connectivity index (χ1v) is 12.2. The molecular formula is C25H35N5O4. The summed E-state index contributed by atoms with van der Waals surface area (Å²) in [5.41, 5.74) is 0.923. The third-order valence-corrected chi connectivity index (χ3v) is 6.59. The Kier molecular flexibility index (Phi) is 9.61. The van der Waals surface area contributed by atoms with E-state index in [4.69, 9.17) is 4.52 Å². The molecule has 9 heteroatoms. The summed E-state index contributed by atoms with van der Waals surface area (Å²) < 4.78 is 4.95. The van der Waals surface area contributed by atoms with Crippen molar-refractivity contribution in [1.29, 1.82) is 0 Å². The maximum atomic E-state index is 13.4. The smallest absolute Gasteiger partial charge is 0.290 e. The average Bonchev–Trinajstić information content (AvgIpc) is 3.41. The first-order chi connectivity index (χ1) is 16.5. The third-order valence-electron chi connectivity index (χ3n) is 6.59. The number of amides is 3. The Morgan fingerprint density at radius 2 is 1.76 bits per heavy atom. The minimum atomic E-state index is -0.764. The van der Waals surface area contributed by atoms with Crippen LogP contribution >= 0.6 is 0 Å². The molecule has 2 aromatic rings. The van der Waals surface area contributed by atoms with E-state index in [0.29, 0.717) is 25.3 Å². The number of aromatic nitrogens is 2. The Labute approximate surface area is 200 Å². The van der Waals surface area contributed by atoms with Gasteiger partial charge in [-0.1, -0.05) is 57.5 Å². The molecule has 0 aliphatic heterocycles. The highest BCUT2D eigenvalue weighted by Gasteiger charge is 2.32. The molecule has 0 bridgehead atoms. The Bertz CT molecular complexity index is 913. The number of hydrogen-bond donors (Lipinski definition) is 3. The van der Waals surface area contributed by atoms with Crippen LogP contribution in [0.3, 0.4) is 0 Å². The van der Waals surface area contributed by atoms with Crippen molar-refractivity contribution in [3.05, 3.63) is 48.1 Å². The van der Waals surface area contributed by atoms with E-state index in [2.05, 4.69) is 26.1 Å². The van der Waals surface area contributed by atoms with Gasteiger partial charge in [0.15, 0.2) is 0 Å². The van der Waals surface area contributed by atoms with Gasteiger partial charge >= 0.3 is 0 Å². The minimum absolute atomic E-state index is 0.0509. The van der Waals surface area contributed by atoms with Gasteiger partial charge in [0.1, 0.15) is 12.1 Å². The lowest BCUT2D eigenvalue weighted by molar-refractivity contribution is -0.131. The number of pyridine rings is 1. The third kappa shape index (κ3) is 7.40. The summed E-state index contributed by atoms with van der Waals surface area (Å²) in [6.07, 6.45) is 11.5. The molecule has 0 unspecified atom stereocenters. The fraction of sp³-hybridized carbons (Fsp3) is 0.560. The van der Waals surface area contributed by atoms with Crippen molar-refractivity contribution in [2.75, 3.05) is 0 Å². The van der Waals surface area contributed by atoms with Gasteiger partial charge in [-0.25, -0.2) is 0 Å². The summed E-state index contributed by atoms with van der Waals surface area (Å²) >= 11 is 0. The van der Waals surface area contributed by atoms with E-state index < -0.39 is 18.0 Å².